The summed E-state index contributed by atoms with van der Waals surface area (Å²) >= 11 is 0. The summed E-state index contributed by atoms with van der Waals surface area (Å²) in [6, 6.07) is 0. The Labute approximate surface area is 96.2 Å². The smallest absolute Gasteiger partial charge is 0.317 e. The highest BCUT2D eigenvalue weighted by molar-refractivity contribution is 7.90. The van der Waals surface area contributed by atoms with Crippen LogP contribution in [0.15, 0.2) is 0 Å². The third kappa shape index (κ3) is 2.11. The van der Waals surface area contributed by atoms with Gasteiger partial charge >= 0.3 is 20.4 Å². The zero-order valence-corrected chi connectivity index (χ0v) is 9.95. The molecule has 1 aliphatic heterocycles. The molecule has 0 aromatic rings. The summed E-state index contributed by atoms with van der Waals surface area (Å²) in [6.45, 7) is 0.845. The van der Waals surface area contributed by atoms with Gasteiger partial charge in [0, 0.05) is 6.92 Å². The molecule has 10 nitrogen and oxygen atoms in total. The Morgan fingerprint density at radius 3 is 2.06 bits per heavy atom. The number of rotatable bonds is 3. The number of amides is 2. The Morgan fingerprint density at radius 1 is 1.35 bits per heavy atom. The quantitative estimate of drug-likeness (QED) is 0.386. The fourth-order valence-electron chi connectivity index (χ4n) is 1.40. The van der Waals surface area contributed by atoms with Crippen LogP contribution in [0.1, 0.15) is 13.3 Å². The summed E-state index contributed by atoms with van der Waals surface area (Å²) in [5, 5.41) is 1.61. The molecule has 0 aromatic carbocycles. The van der Waals surface area contributed by atoms with Crippen LogP contribution in [0.25, 0.3) is 0 Å². The second-order valence-electron chi connectivity index (χ2n) is 3.25. The molecule has 2 amide bonds. The molecular weight excluding hydrogens is 280 g/mol. The van der Waals surface area contributed by atoms with Crippen molar-refractivity contribution in [3.05, 3.63) is 0 Å². The van der Waals surface area contributed by atoms with Crippen molar-refractivity contribution in [2.75, 3.05) is 0 Å². The predicted molar refractivity (Wildman–Crippen MR) is 51.1 cm³/mol. The highest BCUT2D eigenvalue weighted by Crippen LogP contribution is 2.36. The van der Waals surface area contributed by atoms with E-state index in [4.69, 9.17) is 9.11 Å². The van der Waals surface area contributed by atoms with E-state index in [9.17, 15) is 26.4 Å². The van der Waals surface area contributed by atoms with Crippen LogP contribution in [0.2, 0.25) is 0 Å². The van der Waals surface area contributed by atoms with E-state index in [0.29, 0.717) is 0 Å². The molecule has 0 aromatic heterocycles. The number of hydrogen-bond acceptors (Lipinski definition) is 6. The van der Waals surface area contributed by atoms with E-state index in [1.807, 2.05) is 0 Å². The van der Waals surface area contributed by atoms with Crippen LogP contribution >= 0.6 is 0 Å². The molecule has 1 heterocycles. The Bertz CT molecular complexity index is 577. The van der Waals surface area contributed by atoms with E-state index in [1.54, 1.807) is 5.32 Å². The zero-order chi connectivity index (χ0) is 13.6. The third-order valence-electron chi connectivity index (χ3n) is 1.97. The fraction of sp³-hybridized carbons (Fsp3) is 0.600. The molecular formula is C5H8N2O8S2. The minimum absolute atomic E-state index is 0.503. The topological polar surface area (TPSA) is 158 Å². The maximum Gasteiger partial charge on any atom is 0.365 e. The van der Waals surface area contributed by atoms with Crippen LogP contribution in [0.5, 0.6) is 0 Å². The van der Waals surface area contributed by atoms with Gasteiger partial charge in [-0.1, -0.05) is 0 Å². The largest absolute Gasteiger partial charge is 0.365 e. The number of carbonyl (C=O) groups excluding carboxylic acids is 2. The van der Waals surface area contributed by atoms with Gasteiger partial charge in [-0.15, -0.1) is 0 Å². The lowest BCUT2D eigenvalue weighted by Crippen LogP contribution is -2.76. The molecule has 12 heteroatoms. The number of nitrogens with zero attached hydrogens (tertiary/aromatic N) is 1. The van der Waals surface area contributed by atoms with Gasteiger partial charge in [0.05, 0.1) is 6.42 Å². The maximum atomic E-state index is 11.0. The normalized spacial score (nSPS) is 25.4. The molecule has 1 atom stereocenters. The molecule has 0 saturated carbocycles. The van der Waals surface area contributed by atoms with Crippen molar-refractivity contribution < 1.29 is 35.5 Å². The molecule has 1 unspecified atom stereocenters. The van der Waals surface area contributed by atoms with E-state index >= 15 is 0 Å². The van der Waals surface area contributed by atoms with Gasteiger partial charge in [0.25, 0.3) is 4.99 Å². The molecule has 1 fully saturated rings. The number of hydrogen-bond donors (Lipinski definition) is 3. The van der Waals surface area contributed by atoms with E-state index in [2.05, 4.69) is 0 Å². The maximum absolute atomic E-state index is 11.0. The Kier molecular flexibility index (Phi) is 2.95. The highest BCUT2D eigenvalue weighted by atomic mass is 32.2. The van der Waals surface area contributed by atoms with Gasteiger partial charge in [0.15, 0.2) is 0 Å². The third-order valence-corrected chi connectivity index (χ3v) is 4.35. The van der Waals surface area contributed by atoms with E-state index < -0.39 is 48.0 Å². The van der Waals surface area contributed by atoms with Crippen molar-refractivity contribution in [2.24, 2.45) is 0 Å². The molecule has 98 valence electrons. The lowest BCUT2D eigenvalue weighted by atomic mass is 10.2. The minimum Gasteiger partial charge on any atom is -0.317 e. The molecule has 1 saturated heterocycles. The van der Waals surface area contributed by atoms with Gasteiger partial charge in [-0.05, 0) is 0 Å². The van der Waals surface area contributed by atoms with Gasteiger partial charge in [-0.2, -0.15) is 21.1 Å². The second kappa shape index (κ2) is 3.63. The molecule has 17 heavy (non-hydrogen) atoms. The minimum atomic E-state index is -5.22. The molecule has 1 aliphatic rings. The van der Waals surface area contributed by atoms with Crippen molar-refractivity contribution in [1.82, 2.24) is 9.62 Å². The van der Waals surface area contributed by atoms with Crippen molar-refractivity contribution in [3.63, 3.8) is 0 Å². The predicted octanol–water partition coefficient (Wildman–Crippen LogP) is -2.30. The monoisotopic (exact) mass is 288 g/mol. The van der Waals surface area contributed by atoms with Crippen molar-refractivity contribution in [3.8, 4) is 0 Å². The van der Waals surface area contributed by atoms with Gasteiger partial charge in [-0.25, -0.2) is 0 Å². The van der Waals surface area contributed by atoms with Gasteiger partial charge in [-0.3, -0.25) is 18.7 Å². The standard InChI is InChI=1S/C5H8N2O8S2/c1-3(8)6-5(16(10,11)12)2-4(9)7(5)17(13,14)15/h2H2,1H3,(H,6,8)(H,10,11,12)(H,13,14,15). The number of nitrogens with one attached hydrogen (secondary N) is 1. The average molecular weight is 288 g/mol. The summed E-state index contributed by atoms with van der Waals surface area (Å²) in [5.41, 5.74) is 0. The van der Waals surface area contributed by atoms with E-state index in [-0.39, 0.29) is 0 Å². The summed E-state index contributed by atoms with van der Waals surface area (Å²) in [6.07, 6.45) is -0.995. The SMILES string of the molecule is CC(=O)NC1(S(=O)(=O)O)CC(=O)N1S(=O)(=O)O. The lowest BCUT2D eigenvalue weighted by molar-refractivity contribution is -0.144. The van der Waals surface area contributed by atoms with Crippen molar-refractivity contribution in [1.29, 1.82) is 0 Å². The summed E-state index contributed by atoms with van der Waals surface area (Å²) < 4.78 is 60.7. The second-order valence-corrected chi connectivity index (χ2v) is 6.14. The van der Waals surface area contributed by atoms with Crippen LogP contribution in [-0.2, 0) is 30.0 Å². The van der Waals surface area contributed by atoms with Gasteiger partial charge in [0.2, 0.25) is 11.8 Å². The Morgan fingerprint density at radius 2 is 1.82 bits per heavy atom. The summed E-state index contributed by atoms with van der Waals surface area (Å²) in [5.74, 6) is -2.29. The Hall–Kier alpha value is -1.24. The van der Waals surface area contributed by atoms with Crippen LogP contribution in [-0.4, -0.2) is 47.1 Å². The first-order valence-corrected chi connectivity index (χ1v) is 6.82. The highest BCUT2D eigenvalue weighted by Gasteiger charge is 2.66. The molecule has 3 N–H and O–H groups in total. The molecule has 0 spiro atoms. The molecule has 0 aliphatic carbocycles. The fourth-order valence-corrected chi connectivity index (χ4v) is 3.66. The number of carbonyl (C=O) groups is 2. The zero-order valence-electron chi connectivity index (χ0n) is 8.31. The van der Waals surface area contributed by atoms with E-state index in [0.717, 1.165) is 6.92 Å². The van der Waals surface area contributed by atoms with Crippen molar-refractivity contribution >= 4 is 32.2 Å². The number of β-lactam (4-membered cyclic amide) rings is 1. The van der Waals surface area contributed by atoms with Crippen LogP contribution in [0.3, 0.4) is 0 Å². The summed E-state index contributed by atoms with van der Waals surface area (Å²) in [4.78, 5) is 18.9. The first-order chi connectivity index (χ1) is 7.42. The lowest BCUT2D eigenvalue weighted by Gasteiger charge is -2.45. The molecule has 0 bridgehead atoms. The average Bonchev–Trinajstić information content (AvgIpc) is 1.94. The van der Waals surface area contributed by atoms with Gasteiger partial charge in [0.1, 0.15) is 0 Å². The molecule has 1 rings (SSSR count). The van der Waals surface area contributed by atoms with Crippen LogP contribution in [0, 0.1) is 0 Å². The van der Waals surface area contributed by atoms with Crippen LogP contribution < -0.4 is 5.32 Å². The summed E-state index contributed by atoms with van der Waals surface area (Å²) in [7, 11) is -10.4. The first kappa shape index (κ1) is 13.8. The van der Waals surface area contributed by atoms with Crippen LogP contribution in [0.4, 0.5) is 0 Å². The van der Waals surface area contributed by atoms with Crippen molar-refractivity contribution in [2.45, 2.75) is 18.3 Å². The Balaban J connectivity index is 3.39. The molecule has 0 radical (unpaired) electrons. The van der Waals surface area contributed by atoms with Gasteiger partial charge < -0.3 is 5.32 Å². The first-order valence-electron chi connectivity index (χ1n) is 3.98. The van der Waals surface area contributed by atoms with E-state index in [1.165, 1.54) is 0 Å².